The van der Waals surface area contributed by atoms with Gasteiger partial charge in [-0.25, -0.2) is 0 Å². The van der Waals surface area contributed by atoms with Gasteiger partial charge in [-0.05, 0) is 25.7 Å². The van der Waals surface area contributed by atoms with Gasteiger partial charge >= 0.3 is 0 Å². The highest BCUT2D eigenvalue weighted by atomic mass is 16.5. The van der Waals surface area contributed by atoms with Crippen molar-refractivity contribution in [3.05, 3.63) is 0 Å². The zero-order chi connectivity index (χ0) is 11.0. The molecule has 2 saturated heterocycles. The Labute approximate surface area is 97.4 Å². The predicted octanol–water partition coefficient (Wildman–Crippen LogP) is 1.93. The quantitative estimate of drug-likeness (QED) is 0.677. The van der Waals surface area contributed by atoms with Gasteiger partial charge < -0.3 is 4.74 Å². The largest absolute Gasteiger partial charge is 0.372 e. The SMILES string of the molecule is N#CC1CCCCC1N1CC2CCC(C1)O2. The molecule has 88 valence electrons. The summed E-state index contributed by atoms with van der Waals surface area (Å²) in [5.74, 6) is 0.270. The fourth-order valence-corrected chi connectivity index (χ4v) is 3.62. The second-order valence-corrected chi connectivity index (χ2v) is 5.50. The van der Waals surface area contributed by atoms with E-state index in [9.17, 15) is 5.26 Å². The Hall–Kier alpha value is -0.590. The van der Waals surface area contributed by atoms with Crippen molar-refractivity contribution in [1.29, 1.82) is 5.26 Å². The highest BCUT2D eigenvalue weighted by molar-refractivity contribution is 4.98. The van der Waals surface area contributed by atoms with Gasteiger partial charge in [-0.3, -0.25) is 4.90 Å². The molecule has 3 heteroatoms. The van der Waals surface area contributed by atoms with Crippen molar-refractivity contribution in [2.75, 3.05) is 13.1 Å². The van der Waals surface area contributed by atoms with Crippen LogP contribution in [0.15, 0.2) is 0 Å². The maximum Gasteiger partial charge on any atom is 0.0707 e. The van der Waals surface area contributed by atoms with Crippen LogP contribution >= 0.6 is 0 Å². The van der Waals surface area contributed by atoms with Gasteiger partial charge in [-0.2, -0.15) is 5.26 Å². The summed E-state index contributed by atoms with van der Waals surface area (Å²) in [6.45, 7) is 2.14. The van der Waals surface area contributed by atoms with E-state index in [2.05, 4.69) is 11.0 Å². The van der Waals surface area contributed by atoms with E-state index in [0.717, 1.165) is 19.5 Å². The average Bonchev–Trinajstić information content (AvgIpc) is 2.68. The first kappa shape index (κ1) is 10.6. The fraction of sp³-hybridized carbons (Fsp3) is 0.923. The predicted molar refractivity (Wildman–Crippen MR) is 60.8 cm³/mol. The van der Waals surface area contributed by atoms with Crippen LogP contribution in [0.4, 0.5) is 0 Å². The van der Waals surface area contributed by atoms with Gasteiger partial charge in [0.15, 0.2) is 0 Å². The number of rotatable bonds is 1. The molecule has 0 radical (unpaired) electrons. The summed E-state index contributed by atoms with van der Waals surface area (Å²) < 4.78 is 5.86. The fourth-order valence-electron chi connectivity index (χ4n) is 3.62. The van der Waals surface area contributed by atoms with Crippen LogP contribution in [0.2, 0.25) is 0 Å². The summed E-state index contributed by atoms with van der Waals surface area (Å²) in [5, 5.41) is 9.23. The minimum atomic E-state index is 0.270. The Morgan fingerprint density at radius 1 is 1.00 bits per heavy atom. The van der Waals surface area contributed by atoms with Crippen molar-refractivity contribution >= 4 is 0 Å². The lowest BCUT2D eigenvalue weighted by atomic mass is 9.84. The van der Waals surface area contributed by atoms with Crippen LogP contribution in [0.1, 0.15) is 38.5 Å². The molecule has 0 aromatic carbocycles. The monoisotopic (exact) mass is 220 g/mol. The van der Waals surface area contributed by atoms with Gasteiger partial charge in [0.2, 0.25) is 0 Å². The molecular formula is C13H20N2O. The van der Waals surface area contributed by atoms with E-state index in [-0.39, 0.29) is 5.92 Å². The van der Waals surface area contributed by atoms with E-state index >= 15 is 0 Å². The number of ether oxygens (including phenoxy) is 1. The van der Waals surface area contributed by atoms with E-state index in [1.807, 2.05) is 0 Å². The third-order valence-corrected chi connectivity index (χ3v) is 4.44. The number of likely N-dealkylation sites (tertiary alicyclic amines) is 1. The van der Waals surface area contributed by atoms with Gasteiger partial charge in [0.05, 0.1) is 24.2 Å². The number of fused-ring (bicyclic) bond motifs is 2. The van der Waals surface area contributed by atoms with Gasteiger partial charge in [-0.1, -0.05) is 12.8 Å². The highest BCUT2D eigenvalue weighted by Crippen LogP contribution is 2.33. The van der Waals surface area contributed by atoms with Gasteiger partial charge in [0, 0.05) is 19.1 Å². The first-order valence-electron chi connectivity index (χ1n) is 6.66. The standard InChI is InChI=1S/C13H20N2O/c14-7-10-3-1-2-4-13(10)15-8-11-5-6-12(9-15)16-11/h10-13H,1-6,8-9H2. The van der Waals surface area contributed by atoms with Crippen molar-refractivity contribution in [2.24, 2.45) is 5.92 Å². The Morgan fingerprint density at radius 2 is 1.69 bits per heavy atom. The van der Waals surface area contributed by atoms with Crippen LogP contribution in [0.25, 0.3) is 0 Å². The van der Waals surface area contributed by atoms with Crippen LogP contribution in [-0.4, -0.2) is 36.2 Å². The maximum absolute atomic E-state index is 9.23. The number of nitriles is 1. The molecule has 2 bridgehead atoms. The summed E-state index contributed by atoms with van der Waals surface area (Å²) in [4.78, 5) is 2.55. The Balaban J connectivity index is 1.69. The van der Waals surface area contributed by atoms with Crippen molar-refractivity contribution in [3.8, 4) is 6.07 Å². The molecule has 2 aliphatic heterocycles. The number of hydrogen-bond acceptors (Lipinski definition) is 3. The van der Waals surface area contributed by atoms with Crippen LogP contribution in [0.5, 0.6) is 0 Å². The van der Waals surface area contributed by atoms with Crippen molar-refractivity contribution in [2.45, 2.75) is 56.8 Å². The summed E-state index contributed by atoms with van der Waals surface area (Å²) >= 11 is 0. The summed E-state index contributed by atoms with van der Waals surface area (Å²) in [5.41, 5.74) is 0. The van der Waals surface area contributed by atoms with E-state index in [1.54, 1.807) is 0 Å². The molecule has 0 N–H and O–H groups in total. The molecule has 4 atom stereocenters. The molecule has 4 unspecified atom stereocenters. The van der Waals surface area contributed by atoms with Gasteiger partial charge in [0.25, 0.3) is 0 Å². The Kier molecular flexibility index (Phi) is 2.87. The molecule has 16 heavy (non-hydrogen) atoms. The summed E-state index contributed by atoms with van der Waals surface area (Å²) in [7, 11) is 0. The topological polar surface area (TPSA) is 36.3 Å². The highest BCUT2D eigenvalue weighted by Gasteiger charge is 2.39. The van der Waals surface area contributed by atoms with Crippen molar-refractivity contribution < 1.29 is 4.74 Å². The smallest absolute Gasteiger partial charge is 0.0707 e. The number of morpholine rings is 1. The van der Waals surface area contributed by atoms with E-state index in [1.165, 1.54) is 32.1 Å². The summed E-state index contributed by atoms with van der Waals surface area (Å²) in [6, 6.07) is 3.04. The first-order chi connectivity index (χ1) is 7.86. The van der Waals surface area contributed by atoms with Gasteiger partial charge in [0.1, 0.15) is 0 Å². The molecule has 0 amide bonds. The maximum atomic E-state index is 9.23. The van der Waals surface area contributed by atoms with Crippen LogP contribution in [-0.2, 0) is 4.74 Å². The molecule has 0 spiro atoms. The van der Waals surface area contributed by atoms with Crippen molar-refractivity contribution in [1.82, 2.24) is 4.90 Å². The third kappa shape index (κ3) is 1.85. The molecule has 3 aliphatic rings. The summed E-state index contributed by atoms with van der Waals surface area (Å²) in [6.07, 6.45) is 8.24. The molecule has 1 aliphatic carbocycles. The lowest BCUT2D eigenvalue weighted by molar-refractivity contribution is -0.0623. The zero-order valence-corrected chi connectivity index (χ0v) is 9.77. The molecule has 1 saturated carbocycles. The first-order valence-corrected chi connectivity index (χ1v) is 6.66. The Bertz CT molecular complexity index is 287. The second kappa shape index (κ2) is 4.35. The number of nitrogens with zero attached hydrogens (tertiary/aromatic N) is 2. The van der Waals surface area contributed by atoms with E-state index < -0.39 is 0 Å². The second-order valence-electron chi connectivity index (χ2n) is 5.50. The van der Waals surface area contributed by atoms with Crippen LogP contribution in [0, 0.1) is 17.2 Å². The molecule has 0 aromatic heterocycles. The van der Waals surface area contributed by atoms with E-state index in [4.69, 9.17) is 4.74 Å². The molecule has 3 nitrogen and oxygen atoms in total. The minimum Gasteiger partial charge on any atom is -0.372 e. The van der Waals surface area contributed by atoms with Gasteiger partial charge in [-0.15, -0.1) is 0 Å². The normalized spacial score (nSPS) is 44.2. The average molecular weight is 220 g/mol. The third-order valence-electron chi connectivity index (χ3n) is 4.44. The molecule has 3 fully saturated rings. The lowest BCUT2D eigenvalue weighted by Gasteiger charge is -2.41. The van der Waals surface area contributed by atoms with Crippen LogP contribution in [0.3, 0.4) is 0 Å². The minimum absolute atomic E-state index is 0.270. The molecule has 3 rings (SSSR count). The zero-order valence-electron chi connectivity index (χ0n) is 9.77. The molecule has 2 heterocycles. The number of hydrogen-bond donors (Lipinski definition) is 0. The molecular weight excluding hydrogens is 200 g/mol. The van der Waals surface area contributed by atoms with Crippen molar-refractivity contribution in [3.63, 3.8) is 0 Å². The molecule has 0 aromatic rings. The van der Waals surface area contributed by atoms with Crippen LogP contribution < -0.4 is 0 Å². The van der Waals surface area contributed by atoms with E-state index in [0.29, 0.717) is 18.2 Å². The lowest BCUT2D eigenvalue weighted by Crippen LogP contribution is -2.51. The Morgan fingerprint density at radius 3 is 2.38 bits per heavy atom.